The van der Waals surface area contributed by atoms with Crippen molar-refractivity contribution in [2.24, 2.45) is 0 Å². The van der Waals surface area contributed by atoms with E-state index in [4.69, 9.17) is 9.47 Å². The Labute approximate surface area is 194 Å². The van der Waals surface area contributed by atoms with Crippen LogP contribution in [0.1, 0.15) is 57.6 Å². The molecule has 1 aromatic heterocycles. The van der Waals surface area contributed by atoms with Crippen LogP contribution in [0.3, 0.4) is 0 Å². The molecule has 0 aliphatic heterocycles. The average Bonchev–Trinajstić information content (AvgIpc) is 2.67. The monoisotopic (exact) mass is 456 g/mol. The highest BCUT2D eigenvalue weighted by Crippen LogP contribution is 2.22. The minimum atomic E-state index is -0.643. The van der Waals surface area contributed by atoms with Gasteiger partial charge < -0.3 is 20.1 Å². The summed E-state index contributed by atoms with van der Waals surface area (Å²) in [6.45, 7) is 11.2. The summed E-state index contributed by atoms with van der Waals surface area (Å²) in [5.41, 5.74) is 0.660. The first-order valence-corrected chi connectivity index (χ1v) is 10.6. The number of para-hydroxylation sites is 2. The van der Waals surface area contributed by atoms with Crippen LogP contribution in [0.5, 0.6) is 0 Å². The fourth-order valence-electron chi connectivity index (χ4n) is 2.65. The second-order valence-electron chi connectivity index (χ2n) is 9.37. The number of esters is 1. The predicted octanol–water partition coefficient (Wildman–Crippen LogP) is 4.11. The van der Waals surface area contributed by atoms with Gasteiger partial charge in [0.15, 0.2) is 0 Å². The van der Waals surface area contributed by atoms with Crippen LogP contribution in [0, 0.1) is 0 Å². The van der Waals surface area contributed by atoms with Crippen molar-refractivity contribution in [2.45, 2.75) is 59.3 Å². The molecule has 0 spiro atoms. The van der Waals surface area contributed by atoms with Crippen molar-refractivity contribution in [3.63, 3.8) is 0 Å². The summed E-state index contributed by atoms with van der Waals surface area (Å²) < 4.78 is 10.5. The van der Waals surface area contributed by atoms with Gasteiger partial charge in [-0.2, -0.15) is 0 Å². The molecular weight excluding hydrogens is 424 g/mol. The Morgan fingerprint density at radius 2 is 1.45 bits per heavy atom. The highest BCUT2D eigenvalue weighted by molar-refractivity contribution is 6.05. The SMILES string of the molecule is CC(C)(C)OC(=O)CNCc1ccc(C(=O)Nc2ccccc2NC(=O)OC(C)(C)C)nc1. The molecule has 0 aliphatic rings. The molecule has 0 saturated carbocycles. The number of amides is 2. The third-order valence-corrected chi connectivity index (χ3v) is 3.89. The van der Waals surface area contributed by atoms with E-state index in [1.807, 2.05) is 20.8 Å². The molecule has 1 heterocycles. The highest BCUT2D eigenvalue weighted by atomic mass is 16.6. The minimum Gasteiger partial charge on any atom is -0.459 e. The van der Waals surface area contributed by atoms with E-state index < -0.39 is 23.2 Å². The molecular formula is C24H32N4O5. The molecule has 3 N–H and O–H groups in total. The number of aromatic nitrogens is 1. The Kier molecular flexibility index (Phi) is 8.53. The van der Waals surface area contributed by atoms with Gasteiger partial charge in [-0.1, -0.05) is 18.2 Å². The number of anilines is 2. The number of hydrogen-bond donors (Lipinski definition) is 3. The zero-order valence-electron chi connectivity index (χ0n) is 19.9. The fraction of sp³-hybridized carbons (Fsp3) is 0.417. The Bertz CT molecular complexity index is 976. The third kappa shape index (κ3) is 9.69. The van der Waals surface area contributed by atoms with Crippen molar-refractivity contribution in [3.05, 3.63) is 53.9 Å². The molecule has 33 heavy (non-hydrogen) atoms. The summed E-state index contributed by atoms with van der Waals surface area (Å²) in [6.07, 6.45) is 0.938. The lowest BCUT2D eigenvalue weighted by Crippen LogP contribution is -2.31. The number of benzene rings is 1. The maximum atomic E-state index is 12.6. The Morgan fingerprint density at radius 1 is 0.848 bits per heavy atom. The van der Waals surface area contributed by atoms with Crippen molar-refractivity contribution in [1.82, 2.24) is 10.3 Å². The number of carbonyl (C=O) groups is 3. The molecule has 178 valence electrons. The predicted molar refractivity (Wildman–Crippen MR) is 126 cm³/mol. The number of ether oxygens (including phenoxy) is 2. The van der Waals surface area contributed by atoms with Gasteiger partial charge in [-0.15, -0.1) is 0 Å². The van der Waals surface area contributed by atoms with Crippen molar-refractivity contribution < 1.29 is 23.9 Å². The zero-order chi connectivity index (χ0) is 24.6. The van der Waals surface area contributed by atoms with E-state index in [1.165, 1.54) is 0 Å². The van der Waals surface area contributed by atoms with Gasteiger partial charge in [0, 0.05) is 12.7 Å². The molecule has 1 aromatic carbocycles. The first-order chi connectivity index (χ1) is 15.3. The molecule has 9 nitrogen and oxygen atoms in total. The Morgan fingerprint density at radius 3 is 2.00 bits per heavy atom. The number of pyridine rings is 1. The van der Waals surface area contributed by atoms with E-state index in [1.54, 1.807) is 63.4 Å². The lowest BCUT2D eigenvalue weighted by molar-refractivity contribution is -0.153. The summed E-state index contributed by atoms with van der Waals surface area (Å²) in [5.74, 6) is -0.771. The lowest BCUT2D eigenvalue weighted by atomic mass is 10.2. The number of nitrogens with one attached hydrogen (secondary N) is 3. The second-order valence-corrected chi connectivity index (χ2v) is 9.37. The molecule has 0 atom stereocenters. The van der Waals surface area contributed by atoms with Crippen LogP contribution in [0.25, 0.3) is 0 Å². The number of carbonyl (C=O) groups excluding carboxylic acids is 3. The van der Waals surface area contributed by atoms with Gasteiger partial charge in [0.05, 0.1) is 17.9 Å². The molecule has 0 unspecified atom stereocenters. The summed E-state index contributed by atoms with van der Waals surface area (Å²) in [7, 11) is 0. The molecule has 0 saturated heterocycles. The second kappa shape index (κ2) is 10.9. The quantitative estimate of drug-likeness (QED) is 0.537. The van der Waals surface area contributed by atoms with E-state index in [9.17, 15) is 14.4 Å². The van der Waals surface area contributed by atoms with Crippen LogP contribution >= 0.6 is 0 Å². The van der Waals surface area contributed by atoms with E-state index >= 15 is 0 Å². The normalized spacial score (nSPS) is 11.5. The van der Waals surface area contributed by atoms with Crippen LogP contribution in [0.2, 0.25) is 0 Å². The van der Waals surface area contributed by atoms with Crippen molar-refractivity contribution >= 4 is 29.3 Å². The minimum absolute atomic E-state index is 0.0704. The number of hydrogen-bond acceptors (Lipinski definition) is 7. The molecule has 0 aliphatic carbocycles. The molecule has 2 aromatic rings. The van der Waals surface area contributed by atoms with Crippen LogP contribution < -0.4 is 16.0 Å². The molecule has 0 radical (unpaired) electrons. The first kappa shape index (κ1) is 25.8. The topological polar surface area (TPSA) is 119 Å². The van der Waals surface area contributed by atoms with E-state index in [2.05, 4.69) is 20.9 Å². The maximum absolute atomic E-state index is 12.6. The summed E-state index contributed by atoms with van der Waals surface area (Å²) >= 11 is 0. The van der Waals surface area contributed by atoms with Gasteiger partial charge in [-0.25, -0.2) is 4.79 Å². The van der Waals surface area contributed by atoms with Gasteiger partial charge in [-0.3, -0.25) is 19.9 Å². The van der Waals surface area contributed by atoms with Crippen LogP contribution in [0.4, 0.5) is 16.2 Å². The summed E-state index contributed by atoms with van der Waals surface area (Å²) in [4.78, 5) is 40.6. The van der Waals surface area contributed by atoms with Crippen molar-refractivity contribution in [2.75, 3.05) is 17.2 Å². The summed E-state index contributed by atoms with van der Waals surface area (Å²) in [5, 5.41) is 8.37. The van der Waals surface area contributed by atoms with E-state index in [-0.39, 0.29) is 18.2 Å². The molecule has 9 heteroatoms. The first-order valence-electron chi connectivity index (χ1n) is 10.6. The largest absolute Gasteiger partial charge is 0.459 e. The van der Waals surface area contributed by atoms with Crippen LogP contribution in [-0.4, -0.2) is 40.7 Å². The molecule has 2 rings (SSSR count). The average molecular weight is 457 g/mol. The van der Waals surface area contributed by atoms with Gasteiger partial charge in [-0.05, 0) is 65.3 Å². The Hall–Kier alpha value is -3.46. The Balaban J connectivity index is 1.93. The lowest BCUT2D eigenvalue weighted by Gasteiger charge is -2.20. The maximum Gasteiger partial charge on any atom is 0.412 e. The van der Waals surface area contributed by atoms with Gasteiger partial charge in [0.1, 0.15) is 16.9 Å². The molecule has 2 amide bonds. The van der Waals surface area contributed by atoms with Gasteiger partial charge in [0.2, 0.25) is 0 Å². The van der Waals surface area contributed by atoms with Gasteiger partial charge >= 0.3 is 12.1 Å². The van der Waals surface area contributed by atoms with E-state index in [0.717, 1.165) is 5.56 Å². The van der Waals surface area contributed by atoms with Crippen molar-refractivity contribution in [1.29, 1.82) is 0 Å². The third-order valence-electron chi connectivity index (χ3n) is 3.89. The summed E-state index contributed by atoms with van der Waals surface area (Å²) in [6, 6.07) is 10.1. The number of nitrogens with zero attached hydrogens (tertiary/aromatic N) is 1. The molecule has 0 fully saturated rings. The van der Waals surface area contributed by atoms with Crippen LogP contribution in [-0.2, 0) is 20.8 Å². The molecule has 0 bridgehead atoms. The fourth-order valence-corrected chi connectivity index (χ4v) is 2.65. The van der Waals surface area contributed by atoms with Crippen molar-refractivity contribution in [3.8, 4) is 0 Å². The zero-order valence-corrected chi connectivity index (χ0v) is 19.9. The van der Waals surface area contributed by atoms with Crippen LogP contribution in [0.15, 0.2) is 42.6 Å². The number of rotatable bonds is 7. The van der Waals surface area contributed by atoms with E-state index in [0.29, 0.717) is 17.9 Å². The highest BCUT2D eigenvalue weighted by Gasteiger charge is 2.18. The smallest absolute Gasteiger partial charge is 0.412 e. The standard InChI is InChI=1S/C24H32N4O5/c1-23(2,3)32-20(29)15-25-13-16-11-12-19(26-14-16)21(30)27-17-9-7-8-10-18(17)28-22(31)33-24(4,5)6/h7-12,14,25H,13,15H2,1-6H3,(H,27,30)(H,28,31). The van der Waals surface area contributed by atoms with Gasteiger partial charge in [0.25, 0.3) is 5.91 Å².